The number of methoxy groups -OCH3 is 1. The van der Waals surface area contributed by atoms with E-state index in [-0.39, 0.29) is 11.8 Å². The standard InChI is InChI=1S/C14H17FO3/c1-14(13(16)17-2,7-10-8-18-9-10)11-3-5-12(15)6-4-11/h3-6,10H,7-9H2,1-2H3. The van der Waals surface area contributed by atoms with Crippen LogP contribution in [0, 0.1) is 11.7 Å². The van der Waals surface area contributed by atoms with Crippen LogP contribution < -0.4 is 0 Å². The van der Waals surface area contributed by atoms with Crippen molar-refractivity contribution in [1.82, 2.24) is 0 Å². The van der Waals surface area contributed by atoms with Crippen molar-refractivity contribution in [1.29, 1.82) is 0 Å². The summed E-state index contributed by atoms with van der Waals surface area (Å²) in [5.41, 5.74) is 0.0410. The van der Waals surface area contributed by atoms with Crippen molar-refractivity contribution in [3.63, 3.8) is 0 Å². The molecule has 1 aromatic rings. The summed E-state index contributed by atoms with van der Waals surface area (Å²) in [5, 5.41) is 0. The topological polar surface area (TPSA) is 35.5 Å². The van der Waals surface area contributed by atoms with Crippen LogP contribution in [0.3, 0.4) is 0 Å². The fourth-order valence-corrected chi connectivity index (χ4v) is 2.34. The number of benzene rings is 1. The quantitative estimate of drug-likeness (QED) is 0.771. The van der Waals surface area contributed by atoms with Gasteiger partial charge in [0.2, 0.25) is 0 Å². The van der Waals surface area contributed by atoms with E-state index in [2.05, 4.69) is 0 Å². The number of carbonyl (C=O) groups excluding carboxylic acids is 1. The van der Waals surface area contributed by atoms with Crippen LogP contribution in [-0.4, -0.2) is 26.3 Å². The van der Waals surface area contributed by atoms with Gasteiger partial charge in [0.15, 0.2) is 0 Å². The Morgan fingerprint density at radius 3 is 2.50 bits per heavy atom. The average molecular weight is 252 g/mol. The van der Waals surface area contributed by atoms with Crippen LogP contribution in [-0.2, 0) is 19.7 Å². The number of halogens is 1. The summed E-state index contributed by atoms with van der Waals surface area (Å²) in [6.07, 6.45) is 0.658. The first-order chi connectivity index (χ1) is 8.56. The predicted molar refractivity (Wildman–Crippen MR) is 64.7 cm³/mol. The first kappa shape index (κ1) is 13.0. The first-order valence-corrected chi connectivity index (χ1v) is 5.98. The van der Waals surface area contributed by atoms with Crippen molar-refractivity contribution in [3.8, 4) is 0 Å². The van der Waals surface area contributed by atoms with Gasteiger partial charge in [-0.05, 0) is 31.0 Å². The fourth-order valence-electron chi connectivity index (χ4n) is 2.34. The first-order valence-electron chi connectivity index (χ1n) is 5.98. The molecule has 0 spiro atoms. The molecular formula is C14H17FO3. The van der Waals surface area contributed by atoms with Crippen LogP contribution in [0.2, 0.25) is 0 Å². The van der Waals surface area contributed by atoms with E-state index in [1.54, 1.807) is 12.1 Å². The van der Waals surface area contributed by atoms with Crippen molar-refractivity contribution in [2.45, 2.75) is 18.8 Å². The molecule has 3 nitrogen and oxygen atoms in total. The molecule has 1 fully saturated rings. The molecule has 1 aromatic carbocycles. The Morgan fingerprint density at radius 2 is 2.06 bits per heavy atom. The summed E-state index contributed by atoms with van der Waals surface area (Å²) >= 11 is 0. The molecule has 0 radical (unpaired) electrons. The van der Waals surface area contributed by atoms with E-state index in [1.807, 2.05) is 6.92 Å². The zero-order chi connectivity index (χ0) is 13.2. The van der Waals surface area contributed by atoms with Gasteiger partial charge in [-0.2, -0.15) is 0 Å². The van der Waals surface area contributed by atoms with Gasteiger partial charge < -0.3 is 9.47 Å². The second-order valence-corrected chi connectivity index (χ2v) is 4.94. The number of esters is 1. The van der Waals surface area contributed by atoms with Crippen LogP contribution in [0.4, 0.5) is 4.39 Å². The summed E-state index contributed by atoms with van der Waals surface area (Å²) in [6, 6.07) is 6.03. The van der Waals surface area contributed by atoms with Crippen LogP contribution in [0.1, 0.15) is 18.9 Å². The Morgan fingerprint density at radius 1 is 1.44 bits per heavy atom. The molecule has 1 aliphatic heterocycles. The highest BCUT2D eigenvalue weighted by molar-refractivity contribution is 5.82. The van der Waals surface area contributed by atoms with E-state index in [0.717, 1.165) is 5.56 Å². The monoisotopic (exact) mass is 252 g/mol. The third kappa shape index (κ3) is 2.38. The van der Waals surface area contributed by atoms with Gasteiger partial charge in [-0.1, -0.05) is 12.1 Å². The second-order valence-electron chi connectivity index (χ2n) is 4.94. The number of ether oxygens (including phenoxy) is 2. The molecule has 1 unspecified atom stereocenters. The highest BCUT2D eigenvalue weighted by atomic mass is 19.1. The van der Waals surface area contributed by atoms with E-state index in [1.165, 1.54) is 19.2 Å². The van der Waals surface area contributed by atoms with Crippen molar-refractivity contribution in [2.75, 3.05) is 20.3 Å². The van der Waals surface area contributed by atoms with Gasteiger partial charge in [0.05, 0.1) is 25.7 Å². The van der Waals surface area contributed by atoms with E-state index >= 15 is 0 Å². The highest BCUT2D eigenvalue weighted by Crippen LogP contribution is 2.35. The maximum atomic E-state index is 13.0. The van der Waals surface area contributed by atoms with E-state index in [0.29, 0.717) is 25.6 Å². The molecule has 4 heteroatoms. The van der Waals surface area contributed by atoms with Gasteiger partial charge in [0.1, 0.15) is 5.82 Å². The largest absolute Gasteiger partial charge is 0.468 e. The molecule has 98 valence electrons. The lowest BCUT2D eigenvalue weighted by atomic mass is 9.75. The summed E-state index contributed by atoms with van der Waals surface area (Å²) in [7, 11) is 1.38. The van der Waals surface area contributed by atoms with Crippen LogP contribution >= 0.6 is 0 Å². The number of rotatable bonds is 4. The Balaban J connectivity index is 2.27. The van der Waals surface area contributed by atoms with E-state index in [9.17, 15) is 9.18 Å². The average Bonchev–Trinajstić information content (AvgIpc) is 2.33. The van der Waals surface area contributed by atoms with Gasteiger partial charge in [-0.25, -0.2) is 4.39 Å². The summed E-state index contributed by atoms with van der Waals surface area (Å²) in [4.78, 5) is 12.0. The van der Waals surface area contributed by atoms with Gasteiger partial charge in [-0.15, -0.1) is 0 Å². The third-order valence-corrected chi connectivity index (χ3v) is 3.52. The summed E-state index contributed by atoms with van der Waals surface area (Å²) in [5.74, 6) is -0.238. The van der Waals surface area contributed by atoms with Crippen molar-refractivity contribution in [3.05, 3.63) is 35.6 Å². The fraction of sp³-hybridized carbons (Fsp3) is 0.500. The lowest BCUT2D eigenvalue weighted by molar-refractivity contribution is -0.149. The zero-order valence-corrected chi connectivity index (χ0v) is 10.6. The second kappa shape index (κ2) is 5.06. The SMILES string of the molecule is COC(=O)C(C)(CC1COC1)c1ccc(F)cc1. The maximum absolute atomic E-state index is 13.0. The molecule has 0 aromatic heterocycles. The van der Waals surface area contributed by atoms with Gasteiger partial charge in [0, 0.05) is 5.92 Å². The van der Waals surface area contributed by atoms with Gasteiger partial charge in [-0.3, -0.25) is 4.79 Å². The van der Waals surface area contributed by atoms with Crippen LogP contribution in [0.15, 0.2) is 24.3 Å². The highest BCUT2D eigenvalue weighted by Gasteiger charge is 2.40. The molecular weight excluding hydrogens is 235 g/mol. The molecule has 0 N–H and O–H groups in total. The Hall–Kier alpha value is -1.42. The molecule has 1 heterocycles. The minimum absolute atomic E-state index is 0.291. The smallest absolute Gasteiger partial charge is 0.316 e. The minimum atomic E-state index is -0.739. The number of carbonyl (C=O) groups is 1. The maximum Gasteiger partial charge on any atom is 0.316 e. The van der Waals surface area contributed by atoms with Gasteiger partial charge in [0.25, 0.3) is 0 Å². The third-order valence-electron chi connectivity index (χ3n) is 3.52. The Bertz CT molecular complexity index is 425. The van der Waals surface area contributed by atoms with E-state index in [4.69, 9.17) is 9.47 Å². The molecule has 2 rings (SSSR count). The molecule has 0 amide bonds. The van der Waals surface area contributed by atoms with Crippen molar-refractivity contribution < 1.29 is 18.7 Å². The minimum Gasteiger partial charge on any atom is -0.468 e. The molecule has 0 aliphatic carbocycles. The number of hydrogen-bond donors (Lipinski definition) is 0. The number of hydrogen-bond acceptors (Lipinski definition) is 3. The van der Waals surface area contributed by atoms with E-state index < -0.39 is 5.41 Å². The van der Waals surface area contributed by atoms with Gasteiger partial charge >= 0.3 is 5.97 Å². The molecule has 1 saturated heterocycles. The Labute approximate surface area is 106 Å². The molecule has 1 aliphatic rings. The van der Waals surface area contributed by atoms with Crippen molar-refractivity contribution in [2.24, 2.45) is 5.92 Å². The Kier molecular flexibility index (Phi) is 3.66. The zero-order valence-electron chi connectivity index (χ0n) is 10.6. The van der Waals surface area contributed by atoms with Crippen molar-refractivity contribution >= 4 is 5.97 Å². The lowest BCUT2D eigenvalue weighted by Gasteiger charge is -2.35. The molecule has 18 heavy (non-hydrogen) atoms. The molecule has 0 bridgehead atoms. The van der Waals surface area contributed by atoms with Crippen LogP contribution in [0.25, 0.3) is 0 Å². The predicted octanol–water partition coefficient (Wildman–Crippen LogP) is 2.29. The normalized spacial score (nSPS) is 18.8. The summed E-state index contributed by atoms with van der Waals surface area (Å²) in [6.45, 7) is 3.19. The molecule has 1 atom stereocenters. The molecule has 0 saturated carbocycles. The summed E-state index contributed by atoms with van der Waals surface area (Å²) < 4.78 is 23.0. The lowest BCUT2D eigenvalue weighted by Crippen LogP contribution is -2.41. The van der Waals surface area contributed by atoms with Crippen LogP contribution in [0.5, 0.6) is 0 Å².